The van der Waals surface area contributed by atoms with Crippen LogP contribution in [0.25, 0.3) is 0 Å². The van der Waals surface area contributed by atoms with E-state index in [4.69, 9.17) is 4.74 Å². The zero-order chi connectivity index (χ0) is 25.7. The van der Waals surface area contributed by atoms with Crippen LogP contribution in [0, 0.1) is 0 Å². The highest BCUT2D eigenvalue weighted by Gasteiger charge is 2.32. The molecular formula is C30H36O5. The maximum atomic E-state index is 13.0. The van der Waals surface area contributed by atoms with E-state index >= 15 is 0 Å². The van der Waals surface area contributed by atoms with Gasteiger partial charge >= 0.3 is 0 Å². The number of Topliss-reactive ketones (excluding diaryl/α,β-unsaturated/α-hetero) is 1. The van der Waals surface area contributed by atoms with Crippen LogP contribution in [-0.4, -0.2) is 21.1 Å². The van der Waals surface area contributed by atoms with Crippen LogP contribution in [-0.2, 0) is 12.8 Å². The van der Waals surface area contributed by atoms with Crippen LogP contribution >= 0.6 is 0 Å². The molecular weight excluding hydrogens is 440 g/mol. The Balaban J connectivity index is 1.82. The number of hydrogen-bond acceptors (Lipinski definition) is 5. The van der Waals surface area contributed by atoms with Gasteiger partial charge in [-0.2, -0.15) is 0 Å². The average molecular weight is 477 g/mol. The van der Waals surface area contributed by atoms with E-state index in [2.05, 4.69) is 32.9 Å². The van der Waals surface area contributed by atoms with Gasteiger partial charge in [0.15, 0.2) is 5.78 Å². The van der Waals surface area contributed by atoms with Gasteiger partial charge in [0, 0.05) is 11.6 Å². The van der Waals surface area contributed by atoms with Gasteiger partial charge in [0.05, 0.1) is 6.42 Å². The summed E-state index contributed by atoms with van der Waals surface area (Å²) in [6, 6.07) is 6.64. The minimum atomic E-state index is -0.570. The van der Waals surface area contributed by atoms with Gasteiger partial charge < -0.3 is 20.1 Å². The fraction of sp³-hybridized carbons (Fsp3) is 0.367. The standard InChI is InChI=1S/C30H36O5/c1-18(2)7-6-8-20(5)10-11-21-15-22(12-14-24(21)31)27-17-26(33)29-28(35-27)16-25(32)23(30(29)34)13-9-19(3)4/h7,9-10,12,14-16,27,31-32,34H,6,8,11,13,17H2,1-5H3. The van der Waals surface area contributed by atoms with Gasteiger partial charge in [-0.05, 0) is 83.6 Å². The predicted molar refractivity (Wildman–Crippen MR) is 139 cm³/mol. The number of carbonyl (C=O) groups excluding carboxylic acids is 1. The quantitative estimate of drug-likeness (QED) is 0.349. The van der Waals surface area contributed by atoms with Gasteiger partial charge in [-0.15, -0.1) is 0 Å². The second kappa shape index (κ2) is 11.3. The van der Waals surface area contributed by atoms with Gasteiger partial charge in [0.1, 0.15) is 34.7 Å². The number of ether oxygens (including phenoxy) is 1. The van der Waals surface area contributed by atoms with Crippen molar-refractivity contribution in [2.75, 3.05) is 0 Å². The molecule has 0 amide bonds. The number of rotatable bonds is 8. The van der Waals surface area contributed by atoms with Crippen molar-refractivity contribution >= 4 is 5.78 Å². The molecule has 2 aromatic carbocycles. The van der Waals surface area contributed by atoms with Crippen molar-refractivity contribution in [3.8, 4) is 23.0 Å². The summed E-state index contributed by atoms with van der Waals surface area (Å²) in [6.45, 7) is 10.1. The Morgan fingerprint density at radius 3 is 2.34 bits per heavy atom. The third-order valence-corrected chi connectivity index (χ3v) is 6.22. The molecule has 0 spiro atoms. The van der Waals surface area contributed by atoms with Crippen LogP contribution in [0.2, 0.25) is 0 Å². The van der Waals surface area contributed by atoms with E-state index in [0.29, 0.717) is 18.4 Å². The van der Waals surface area contributed by atoms with E-state index in [-0.39, 0.29) is 40.8 Å². The summed E-state index contributed by atoms with van der Waals surface area (Å²) in [6.07, 6.45) is 8.56. The maximum Gasteiger partial charge on any atom is 0.174 e. The van der Waals surface area contributed by atoms with Crippen molar-refractivity contribution in [1.29, 1.82) is 0 Å². The molecule has 0 fully saturated rings. The zero-order valence-corrected chi connectivity index (χ0v) is 21.3. The summed E-state index contributed by atoms with van der Waals surface area (Å²) < 4.78 is 6.07. The summed E-state index contributed by atoms with van der Waals surface area (Å²) in [5.74, 6) is -0.194. The highest BCUT2D eigenvalue weighted by atomic mass is 16.5. The molecule has 186 valence electrons. The first kappa shape index (κ1) is 26.1. The lowest BCUT2D eigenvalue weighted by atomic mass is 9.92. The molecule has 0 saturated heterocycles. The van der Waals surface area contributed by atoms with Crippen molar-refractivity contribution in [1.82, 2.24) is 0 Å². The molecule has 5 nitrogen and oxygen atoms in total. The second-order valence-electron chi connectivity index (χ2n) is 9.78. The molecule has 0 aromatic heterocycles. The molecule has 0 saturated carbocycles. The molecule has 1 heterocycles. The number of carbonyl (C=O) groups is 1. The lowest BCUT2D eigenvalue weighted by Gasteiger charge is -2.27. The number of ketones is 1. The molecule has 1 aliphatic rings. The molecule has 3 N–H and O–H groups in total. The van der Waals surface area contributed by atoms with E-state index in [9.17, 15) is 20.1 Å². The highest BCUT2D eigenvalue weighted by Crippen LogP contribution is 2.45. The second-order valence-corrected chi connectivity index (χ2v) is 9.78. The van der Waals surface area contributed by atoms with Crippen molar-refractivity contribution in [2.45, 2.75) is 72.8 Å². The number of phenolic OH excluding ortho intramolecular Hbond substituents is 3. The SMILES string of the molecule is CC(C)=CCCC(C)=CCc1cc(C2CC(=O)c3c(cc(O)c(CC=C(C)C)c3O)O2)ccc1O. The third kappa shape index (κ3) is 6.56. The van der Waals surface area contributed by atoms with E-state index in [1.54, 1.807) is 12.1 Å². The first-order valence-corrected chi connectivity index (χ1v) is 12.1. The largest absolute Gasteiger partial charge is 0.508 e. The molecule has 2 aromatic rings. The van der Waals surface area contributed by atoms with Gasteiger partial charge in [-0.3, -0.25) is 4.79 Å². The molecule has 3 rings (SSSR count). The summed E-state index contributed by atoms with van der Waals surface area (Å²) in [5.41, 5.74) is 5.56. The Bertz CT molecular complexity index is 1190. The Morgan fingerprint density at radius 1 is 0.943 bits per heavy atom. The third-order valence-electron chi connectivity index (χ3n) is 6.22. The van der Waals surface area contributed by atoms with Gasteiger partial charge in [-0.25, -0.2) is 0 Å². The number of hydrogen-bond donors (Lipinski definition) is 3. The van der Waals surface area contributed by atoms with Crippen LogP contribution in [0.15, 0.2) is 59.2 Å². The van der Waals surface area contributed by atoms with Crippen LogP contribution in [0.5, 0.6) is 23.0 Å². The Hall–Kier alpha value is -3.47. The molecule has 0 radical (unpaired) electrons. The van der Waals surface area contributed by atoms with Crippen LogP contribution < -0.4 is 4.74 Å². The minimum absolute atomic E-state index is 0.0647. The summed E-state index contributed by atoms with van der Waals surface area (Å²) in [4.78, 5) is 13.0. The Kier molecular flexibility index (Phi) is 8.44. The van der Waals surface area contributed by atoms with Crippen LogP contribution in [0.1, 0.15) is 87.0 Å². The summed E-state index contributed by atoms with van der Waals surface area (Å²) >= 11 is 0. The van der Waals surface area contributed by atoms with Crippen molar-refractivity contribution < 1.29 is 24.9 Å². The molecule has 1 unspecified atom stereocenters. The molecule has 0 aliphatic carbocycles. The average Bonchev–Trinajstić information content (AvgIpc) is 2.77. The van der Waals surface area contributed by atoms with Crippen molar-refractivity contribution in [3.05, 3.63) is 81.5 Å². The molecule has 0 bridgehead atoms. The predicted octanol–water partition coefficient (Wildman–Crippen LogP) is 7.25. The number of fused-ring (bicyclic) bond motifs is 1. The van der Waals surface area contributed by atoms with E-state index in [1.165, 1.54) is 17.2 Å². The topological polar surface area (TPSA) is 87.0 Å². The smallest absolute Gasteiger partial charge is 0.174 e. The minimum Gasteiger partial charge on any atom is -0.508 e. The van der Waals surface area contributed by atoms with Crippen molar-refractivity contribution in [2.24, 2.45) is 0 Å². The molecule has 1 atom stereocenters. The number of aromatic hydroxyl groups is 3. The first-order valence-electron chi connectivity index (χ1n) is 12.1. The normalized spacial score (nSPS) is 15.3. The van der Waals surface area contributed by atoms with E-state index < -0.39 is 6.10 Å². The lowest BCUT2D eigenvalue weighted by molar-refractivity contribution is 0.0844. The molecule has 5 heteroatoms. The summed E-state index contributed by atoms with van der Waals surface area (Å²) in [5, 5.41) is 31.6. The van der Waals surface area contributed by atoms with Crippen molar-refractivity contribution in [3.63, 3.8) is 0 Å². The maximum absolute atomic E-state index is 13.0. The van der Waals surface area contributed by atoms with E-state index in [0.717, 1.165) is 29.5 Å². The monoisotopic (exact) mass is 476 g/mol. The number of phenols is 3. The highest BCUT2D eigenvalue weighted by molar-refractivity contribution is 6.03. The lowest BCUT2D eigenvalue weighted by Crippen LogP contribution is -2.21. The first-order chi connectivity index (χ1) is 16.6. The summed E-state index contributed by atoms with van der Waals surface area (Å²) in [7, 11) is 0. The zero-order valence-electron chi connectivity index (χ0n) is 21.3. The van der Waals surface area contributed by atoms with Crippen LogP contribution in [0.3, 0.4) is 0 Å². The van der Waals surface area contributed by atoms with E-state index in [1.807, 2.05) is 26.0 Å². The fourth-order valence-electron chi connectivity index (χ4n) is 4.14. The fourth-order valence-corrected chi connectivity index (χ4v) is 4.14. The Morgan fingerprint density at radius 2 is 1.66 bits per heavy atom. The Labute approximate surface area is 208 Å². The molecule has 35 heavy (non-hydrogen) atoms. The van der Waals surface area contributed by atoms with Gasteiger partial charge in [0.2, 0.25) is 0 Å². The number of allylic oxidation sites excluding steroid dienone is 6. The van der Waals surface area contributed by atoms with Crippen LogP contribution in [0.4, 0.5) is 0 Å². The number of benzene rings is 2. The van der Waals surface area contributed by atoms with Gasteiger partial charge in [0.25, 0.3) is 0 Å². The molecule has 1 aliphatic heterocycles. The van der Waals surface area contributed by atoms with Gasteiger partial charge in [-0.1, -0.05) is 41.0 Å².